The average Bonchev–Trinajstić information content (AvgIpc) is 2.88. The third-order valence-corrected chi connectivity index (χ3v) is 2.90. The number of ether oxygens (including phenoxy) is 1. The Morgan fingerprint density at radius 3 is 2.95 bits per heavy atom. The Balaban J connectivity index is 2.12. The fraction of sp³-hybridized carbons (Fsp3) is 0.500. The largest absolute Gasteiger partial charge is 0.383 e. The monoisotopic (exact) mass is 291 g/mol. The molecule has 0 aromatic carbocycles. The highest BCUT2D eigenvalue weighted by atomic mass is 16.5. The molecule has 7 heteroatoms. The number of hydrogen-bond acceptors (Lipinski definition) is 5. The van der Waals surface area contributed by atoms with Crippen molar-refractivity contribution < 1.29 is 4.74 Å². The highest BCUT2D eigenvalue weighted by molar-refractivity contribution is 5.52. The molecule has 0 unspecified atom stereocenters. The molecule has 2 aromatic rings. The first kappa shape index (κ1) is 15.2. The normalized spacial score (nSPS) is 11.0. The van der Waals surface area contributed by atoms with Crippen molar-refractivity contribution in [2.45, 2.75) is 26.9 Å². The van der Waals surface area contributed by atoms with E-state index in [1.54, 1.807) is 34.9 Å². The van der Waals surface area contributed by atoms with E-state index in [9.17, 15) is 4.79 Å². The summed E-state index contributed by atoms with van der Waals surface area (Å²) in [5.41, 5.74) is 0.605. The van der Waals surface area contributed by atoms with Gasteiger partial charge in [0.05, 0.1) is 25.0 Å². The summed E-state index contributed by atoms with van der Waals surface area (Å²) in [6.45, 7) is 6.06. The summed E-state index contributed by atoms with van der Waals surface area (Å²) < 4.78 is 8.41. The maximum Gasteiger partial charge on any atom is 0.293 e. The summed E-state index contributed by atoms with van der Waals surface area (Å²) in [5, 5.41) is 7.20. The maximum absolute atomic E-state index is 12.3. The molecule has 0 fully saturated rings. The molecular formula is C14H21N5O2. The van der Waals surface area contributed by atoms with Crippen LogP contribution in [0.15, 0.2) is 29.6 Å². The third-order valence-electron chi connectivity index (χ3n) is 2.90. The quantitative estimate of drug-likeness (QED) is 0.836. The Labute approximate surface area is 123 Å². The molecule has 114 valence electrons. The second-order valence-electron chi connectivity index (χ2n) is 5.24. The first-order valence-electron chi connectivity index (χ1n) is 6.94. The average molecular weight is 291 g/mol. The van der Waals surface area contributed by atoms with Crippen LogP contribution >= 0.6 is 0 Å². The molecule has 1 N–H and O–H groups in total. The molecule has 0 amide bonds. The van der Waals surface area contributed by atoms with Gasteiger partial charge in [0, 0.05) is 32.2 Å². The van der Waals surface area contributed by atoms with Crippen molar-refractivity contribution in [2.75, 3.05) is 19.0 Å². The van der Waals surface area contributed by atoms with Crippen molar-refractivity contribution in [2.24, 2.45) is 5.92 Å². The number of nitrogens with zero attached hydrogens (tertiary/aromatic N) is 4. The van der Waals surface area contributed by atoms with Crippen molar-refractivity contribution in [1.82, 2.24) is 19.3 Å². The van der Waals surface area contributed by atoms with Crippen LogP contribution in [0.4, 0.5) is 11.5 Å². The smallest absolute Gasteiger partial charge is 0.293 e. The lowest BCUT2D eigenvalue weighted by molar-refractivity contribution is 0.183. The molecule has 0 bridgehead atoms. The molecule has 0 aliphatic heterocycles. The van der Waals surface area contributed by atoms with Crippen molar-refractivity contribution in [3.05, 3.63) is 35.1 Å². The fourth-order valence-corrected chi connectivity index (χ4v) is 1.94. The van der Waals surface area contributed by atoms with E-state index in [-0.39, 0.29) is 5.56 Å². The van der Waals surface area contributed by atoms with Gasteiger partial charge in [-0.1, -0.05) is 13.8 Å². The van der Waals surface area contributed by atoms with Gasteiger partial charge in [0.25, 0.3) is 5.56 Å². The van der Waals surface area contributed by atoms with Gasteiger partial charge in [-0.25, -0.2) is 4.98 Å². The van der Waals surface area contributed by atoms with Gasteiger partial charge >= 0.3 is 0 Å². The van der Waals surface area contributed by atoms with E-state index in [1.807, 2.05) is 6.20 Å². The number of anilines is 2. The lowest BCUT2D eigenvalue weighted by Gasteiger charge is -2.09. The third kappa shape index (κ3) is 4.16. The van der Waals surface area contributed by atoms with Gasteiger partial charge in [-0.2, -0.15) is 5.10 Å². The molecule has 0 atom stereocenters. The van der Waals surface area contributed by atoms with Crippen LogP contribution < -0.4 is 10.9 Å². The first-order chi connectivity index (χ1) is 10.1. The predicted octanol–water partition coefficient (Wildman–Crippen LogP) is 1.49. The van der Waals surface area contributed by atoms with Crippen molar-refractivity contribution in [3.8, 4) is 0 Å². The van der Waals surface area contributed by atoms with Gasteiger partial charge in [0.2, 0.25) is 0 Å². The lowest BCUT2D eigenvalue weighted by atomic mass is 10.2. The SMILES string of the molecule is COCCn1cc(Nc2nccn(CC(C)C)c2=O)cn1. The zero-order valence-corrected chi connectivity index (χ0v) is 12.6. The minimum atomic E-state index is -0.129. The standard InChI is InChI=1S/C14H21N5O2/c1-11(2)9-18-5-4-15-13(14(18)20)17-12-8-16-19(10-12)6-7-21-3/h4-5,8,10-11H,6-7,9H2,1-3H3,(H,15,17). The van der Waals surface area contributed by atoms with Crippen LogP contribution in [0.5, 0.6) is 0 Å². The zero-order valence-electron chi connectivity index (χ0n) is 12.6. The van der Waals surface area contributed by atoms with Crippen molar-refractivity contribution >= 4 is 11.5 Å². The molecule has 0 aliphatic rings. The summed E-state index contributed by atoms with van der Waals surface area (Å²) in [6.07, 6.45) is 6.81. The Bertz CT molecular complexity index is 632. The Kier molecular flexibility index (Phi) is 5.10. The van der Waals surface area contributed by atoms with E-state index in [0.717, 1.165) is 5.69 Å². The minimum absolute atomic E-state index is 0.129. The minimum Gasteiger partial charge on any atom is -0.383 e. The molecule has 0 saturated carbocycles. The Morgan fingerprint density at radius 1 is 1.43 bits per heavy atom. The van der Waals surface area contributed by atoms with Crippen LogP contribution in [-0.4, -0.2) is 33.0 Å². The maximum atomic E-state index is 12.3. The summed E-state index contributed by atoms with van der Waals surface area (Å²) in [5.74, 6) is 0.708. The molecule has 2 aromatic heterocycles. The van der Waals surface area contributed by atoms with Crippen LogP contribution in [0.2, 0.25) is 0 Å². The summed E-state index contributed by atoms with van der Waals surface area (Å²) in [4.78, 5) is 16.4. The van der Waals surface area contributed by atoms with Gasteiger partial charge < -0.3 is 14.6 Å². The van der Waals surface area contributed by atoms with E-state index in [0.29, 0.717) is 31.4 Å². The van der Waals surface area contributed by atoms with Crippen LogP contribution in [-0.2, 0) is 17.8 Å². The summed E-state index contributed by atoms with van der Waals surface area (Å²) >= 11 is 0. The summed E-state index contributed by atoms with van der Waals surface area (Å²) in [6, 6.07) is 0. The Hall–Kier alpha value is -2.15. The number of aromatic nitrogens is 4. The topological polar surface area (TPSA) is 74.0 Å². The summed E-state index contributed by atoms with van der Waals surface area (Å²) in [7, 11) is 1.65. The van der Waals surface area contributed by atoms with E-state index >= 15 is 0 Å². The molecule has 7 nitrogen and oxygen atoms in total. The van der Waals surface area contributed by atoms with Crippen molar-refractivity contribution in [1.29, 1.82) is 0 Å². The lowest BCUT2D eigenvalue weighted by Crippen LogP contribution is -2.24. The molecular weight excluding hydrogens is 270 g/mol. The van der Waals surface area contributed by atoms with Crippen LogP contribution in [0.25, 0.3) is 0 Å². The Morgan fingerprint density at radius 2 is 2.24 bits per heavy atom. The van der Waals surface area contributed by atoms with E-state index < -0.39 is 0 Å². The van der Waals surface area contributed by atoms with Gasteiger partial charge in [-0.15, -0.1) is 0 Å². The molecule has 2 heterocycles. The number of nitrogens with one attached hydrogen (secondary N) is 1. The molecule has 0 spiro atoms. The first-order valence-corrected chi connectivity index (χ1v) is 6.94. The predicted molar refractivity (Wildman–Crippen MR) is 80.7 cm³/mol. The van der Waals surface area contributed by atoms with Gasteiger partial charge in [-0.05, 0) is 5.92 Å². The molecule has 0 aliphatic carbocycles. The highest BCUT2D eigenvalue weighted by Crippen LogP contribution is 2.10. The number of hydrogen-bond donors (Lipinski definition) is 1. The second kappa shape index (κ2) is 7.03. The molecule has 2 rings (SSSR count). The molecule has 0 radical (unpaired) electrons. The number of rotatable bonds is 7. The van der Waals surface area contributed by atoms with Crippen molar-refractivity contribution in [3.63, 3.8) is 0 Å². The van der Waals surface area contributed by atoms with Crippen LogP contribution in [0.1, 0.15) is 13.8 Å². The zero-order chi connectivity index (χ0) is 15.2. The van der Waals surface area contributed by atoms with E-state index in [2.05, 4.69) is 29.2 Å². The molecule has 0 saturated heterocycles. The van der Waals surface area contributed by atoms with Crippen LogP contribution in [0, 0.1) is 5.92 Å². The van der Waals surface area contributed by atoms with E-state index in [4.69, 9.17) is 4.74 Å². The highest BCUT2D eigenvalue weighted by Gasteiger charge is 2.07. The fourth-order valence-electron chi connectivity index (χ4n) is 1.94. The van der Waals surface area contributed by atoms with Gasteiger partial charge in [-0.3, -0.25) is 9.48 Å². The number of methoxy groups -OCH3 is 1. The van der Waals surface area contributed by atoms with Gasteiger partial charge in [0.15, 0.2) is 5.82 Å². The van der Waals surface area contributed by atoms with Crippen LogP contribution in [0.3, 0.4) is 0 Å². The second-order valence-corrected chi connectivity index (χ2v) is 5.24. The van der Waals surface area contributed by atoms with E-state index in [1.165, 1.54) is 0 Å². The molecule has 21 heavy (non-hydrogen) atoms. The van der Waals surface area contributed by atoms with Gasteiger partial charge in [0.1, 0.15) is 0 Å².